The first-order valence-corrected chi connectivity index (χ1v) is 9.40. The van der Waals surface area contributed by atoms with Crippen molar-refractivity contribution in [1.82, 2.24) is 15.5 Å². The molecule has 11 heteroatoms. The first kappa shape index (κ1) is 24.6. The fourth-order valence-electron chi connectivity index (χ4n) is 2.29. The summed E-state index contributed by atoms with van der Waals surface area (Å²) in [5.74, 6) is -1.15. The standard InChI is InChI=1S/C19H27N5O6/c1-19(2,3)30-18(28)22-15(16(25)26)6-4-5-11-21-17(27)29-12-13-7-9-14(10-8-13)23-24-20/h7-10,15,20H,4-6,11-12H2,1-3H3,(H2-,21,22,25,26,27,28)/p+1. The molecular formula is C19H28N5O6+. The zero-order valence-electron chi connectivity index (χ0n) is 17.3. The Morgan fingerprint density at radius 3 is 2.40 bits per heavy atom. The van der Waals surface area contributed by atoms with Crippen LogP contribution in [0.5, 0.6) is 0 Å². The topological polar surface area (TPSA) is 164 Å². The average molecular weight is 422 g/mol. The summed E-state index contributed by atoms with van der Waals surface area (Å²) >= 11 is 0. The molecule has 1 rings (SSSR count). The highest BCUT2D eigenvalue weighted by atomic mass is 16.6. The van der Waals surface area contributed by atoms with Crippen LogP contribution >= 0.6 is 0 Å². The Kier molecular flexibility index (Phi) is 9.98. The number of ether oxygens (including phenoxy) is 2. The molecule has 0 aliphatic rings. The number of aliphatic carboxylic acids is 1. The van der Waals surface area contributed by atoms with E-state index in [-0.39, 0.29) is 13.0 Å². The molecule has 0 aliphatic carbocycles. The summed E-state index contributed by atoms with van der Waals surface area (Å²) in [4.78, 5) is 37.6. The fraction of sp³-hybridized carbons (Fsp3) is 0.526. The minimum absolute atomic E-state index is 0.0744. The summed E-state index contributed by atoms with van der Waals surface area (Å²) in [6, 6.07) is 5.66. The zero-order chi connectivity index (χ0) is 22.6. The van der Waals surface area contributed by atoms with Gasteiger partial charge in [-0.3, -0.25) is 0 Å². The van der Waals surface area contributed by atoms with E-state index in [9.17, 15) is 19.5 Å². The van der Waals surface area contributed by atoms with E-state index in [1.807, 2.05) is 0 Å². The van der Waals surface area contributed by atoms with Crippen LogP contribution in [0, 0.1) is 5.53 Å². The molecule has 0 fully saturated rings. The van der Waals surface area contributed by atoms with E-state index in [0.29, 0.717) is 25.1 Å². The van der Waals surface area contributed by atoms with Crippen LogP contribution in [-0.4, -0.2) is 41.4 Å². The van der Waals surface area contributed by atoms with E-state index in [2.05, 4.69) is 20.7 Å². The molecule has 0 aromatic heterocycles. The highest BCUT2D eigenvalue weighted by Crippen LogP contribution is 2.12. The Morgan fingerprint density at radius 2 is 1.83 bits per heavy atom. The van der Waals surface area contributed by atoms with Gasteiger partial charge in [-0.25, -0.2) is 14.4 Å². The van der Waals surface area contributed by atoms with Gasteiger partial charge in [-0.05, 0) is 57.7 Å². The van der Waals surface area contributed by atoms with Crippen molar-refractivity contribution in [1.29, 1.82) is 5.53 Å². The number of alkyl carbamates (subject to hydrolysis) is 2. The fourth-order valence-corrected chi connectivity index (χ4v) is 2.29. The molecule has 1 atom stereocenters. The second-order valence-corrected chi connectivity index (χ2v) is 7.40. The van der Waals surface area contributed by atoms with Gasteiger partial charge in [0.1, 0.15) is 23.8 Å². The van der Waals surface area contributed by atoms with Crippen LogP contribution in [0.2, 0.25) is 0 Å². The summed E-state index contributed by atoms with van der Waals surface area (Å²) in [5, 5.41) is 17.7. The largest absolute Gasteiger partial charge is 0.480 e. The van der Waals surface area contributed by atoms with Gasteiger partial charge in [0.05, 0.1) is 0 Å². The van der Waals surface area contributed by atoms with Crippen molar-refractivity contribution in [3.8, 4) is 0 Å². The van der Waals surface area contributed by atoms with Gasteiger partial charge in [0.25, 0.3) is 0 Å². The molecule has 0 aliphatic heterocycles. The first-order chi connectivity index (χ1) is 14.1. The number of hydrogen-bond acceptors (Lipinski definition) is 7. The second-order valence-electron chi connectivity index (χ2n) is 7.40. The molecule has 1 unspecified atom stereocenters. The van der Waals surface area contributed by atoms with Gasteiger partial charge in [0.2, 0.25) is 4.91 Å². The SMILES string of the molecule is CC(C)(C)OC(=O)NC(CCCCNC(=O)OCc1ccc(N=[N+]=N)cc1)C(=O)O. The first-order valence-electron chi connectivity index (χ1n) is 9.40. The van der Waals surface area contributed by atoms with Gasteiger partial charge in [-0.2, -0.15) is 0 Å². The number of benzene rings is 1. The molecule has 1 aromatic rings. The number of carboxylic acids is 1. The molecule has 30 heavy (non-hydrogen) atoms. The summed E-state index contributed by atoms with van der Waals surface area (Å²) in [5.41, 5.74) is 7.23. The van der Waals surface area contributed by atoms with Gasteiger partial charge < -0.3 is 25.2 Å². The monoisotopic (exact) mass is 422 g/mol. The number of nitrogens with zero attached hydrogens (tertiary/aromatic N) is 2. The number of carbonyl (C=O) groups excluding carboxylic acids is 2. The third-order valence-electron chi connectivity index (χ3n) is 3.65. The van der Waals surface area contributed by atoms with E-state index in [1.54, 1.807) is 45.0 Å². The molecule has 0 saturated heterocycles. The lowest BCUT2D eigenvalue weighted by molar-refractivity contribution is -0.139. The van der Waals surface area contributed by atoms with Crippen molar-refractivity contribution in [2.75, 3.05) is 6.54 Å². The highest BCUT2D eigenvalue weighted by Gasteiger charge is 2.23. The Labute approximate surface area is 174 Å². The molecule has 164 valence electrons. The second kappa shape index (κ2) is 12.2. The summed E-state index contributed by atoms with van der Waals surface area (Å²) in [6.07, 6.45) is -0.187. The van der Waals surface area contributed by atoms with Crippen LogP contribution in [0.25, 0.3) is 0 Å². The molecule has 4 N–H and O–H groups in total. The van der Waals surface area contributed by atoms with E-state index < -0.39 is 29.8 Å². The van der Waals surface area contributed by atoms with Gasteiger partial charge in [-0.15, -0.1) is 0 Å². The molecule has 2 amide bonds. The number of carboxylic acid groups (broad SMARTS) is 1. The molecule has 0 bridgehead atoms. The predicted octanol–water partition coefficient (Wildman–Crippen LogP) is 3.24. The third kappa shape index (κ3) is 10.8. The molecule has 1 aromatic carbocycles. The molecule has 0 spiro atoms. The number of unbranched alkanes of at least 4 members (excludes halogenated alkanes) is 1. The van der Waals surface area contributed by atoms with Crippen LogP contribution in [-0.2, 0) is 20.9 Å². The molecule has 11 nitrogen and oxygen atoms in total. The Hall–Kier alpha value is -3.46. The van der Waals surface area contributed by atoms with Crippen molar-refractivity contribution in [2.45, 2.75) is 58.3 Å². The smallest absolute Gasteiger partial charge is 0.408 e. The summed E-state index contributed by atoms with van der Waals surface area (Å²) < 4.78 is 10.1. The van der Waals surface area contributed by atoms with Crippen molar-refractivity contribution >= 4 is 23.8 Å². The lowest BCUT2D eigenvalue weighted by Crippen LogP contribution is -2.43. The number of carbonyl (C=O) groups is 3. The quantitative estimate of drug-likeness (QED) is 0.257. The molecule has 0 heterocycles. The zero-order valence-corrected chi connectivity index (χ0v) is 17.3. The maximum atomic E-state index is 11.7. The molecule has 0 radical (unpaired) electrons. The average Bonchev–Trinajstić information content (AvgIpc) is 2.65. The van der Waals surface area contributed by atoms with Gasteiger partial charge in [-0.1, -0.05) is 12.1 Å². The van der Waals surface area contributed by atoms with E-state index in [4.69, 9.17) is 15.0 Å². The van der Waals surface area contributed by atoms with Crippen LogP contribution < -0.4 is 15.5 Å². The van der Waals surface area contributed by atoms with Gasteiger partial charge in [0, 0.05) is 6.54 Å². The maximum absolute atomic E-state index is 11.7. The molecular weight excluding hydrogens is 394 g/mol. The van der Waals surface area contributed by atoms with Gasteiger partial charge >= 0.3 is 18.2 Å². The van der Waals surface area contributed by atoms with Crippen molar-refractivity contribution < 1.29 is 29.0 Å². The maximum Gasteiger partial charge on any atom is 0.408 e. The van der Waals surface area contributed by atoms with Crippen molar-refractivity contribution in [3.05, 3.63) is 29.8 Å². The molecule has 0 saturated carbocycles. The predicted molar refractivity (Wildman–Crippen MR) is 106 cm³/mol. The Balaban J connectivity index is 2.25. The third-order valence-corrected chi connectivity index (χ3v) is 3.65. The number of hydrogen-bond donors (Lipinski definition) is 4. The van der Waals surface area contributed by atoms with E-state index >= 15 is 0 Å². The minimum Gasteiger partial charge on any atom is -0.480 e. The lowest BCUT2D eigenvalue weighted by atomic mass is 10.1. The van der Waals surface area contributed by atoms with Crippen molar-refractivity contribution in [2.24, 2.45) is 5.11 Å². The lowest BCUT2D eigenvalue weighted by Gasteiger charge is -2.22. The van der Waals surface area contributed by atoms with E-state index in [0.717, 1.165) is 5.56 Å². The Bertz CT molecular complexity index is 769. The Morgan fingerprint density at radius 1 is 1.17 bits per heavy atom. The van der Waals surface area contributed by atoms with Crippen molar-refractivity contribution in [3.63, 3.8) is 0 Å². The van der Waals surface area contributed by atoms with Crippen LogP contribution in [0.3, 0.4) is 0 Å². The normalized spacial score (nSPS) is 11.6. The summed E-state index contributed by atoms with van der Waals surface area (Å²) in [6.45, 7) is 5.45. The van der Waals surface area contributed by atoms with Crippen LogP contribution in [0.15, 0.2) is 29.4 Å². The summed E-state index contributed by atoms with van der Waals surface area (Å²) in [7, 11) is 0. The number of nitrogens with one attached hydrogen (secondary N) is 3. The number of amides is 2. The van der Waals surface area contributed by atoms with E-state index in [1.165, 1.54) is 0 Å². The number of rotatable bonds is 10. The highest BCUT2D eigenvalue weighted by molar-refractivity contribution is 5.79. The minimum atomic E-state index is -1.15. The van der Waals surface area contributed by atoms with Crippen LogP contribution in [0.4, 0.5) is 15.3 Å². The van der Waals surface area contributed by atoms with Crippen LogP contribution in [0.1, 0.15) is 45.6 Å². The van der Waals surface area contributed by atoms with Gasteiger partial charge in [0.15, 0.2) is 10.8 Å².